The molecule has 1 aromatic carbocycles. The number of hydrogen-bond donors (Lipinski definition) is 3. The van der Waals surface area contributed by atoms with Gasteiger partial charge in [0.05, 0.1) is 17.3 Å². The van der Waals surface area contributed by atoms with E-state index in [1.54, 1.807) is 0 Å². The maximum atomic E-state index is 8.75. The number of pyridine rings is 1. The monoisotopic (exact) mass is 312 g/mol. The van der Waals surface area contributed by atoms with Crippen LogP contribution in [0.2, 0.25) is 0 Å². The number of H-pyrrole nitrogens is 1. The largest absolute Gasteiger partial charge is 0.383 e. The van der Waals surface area contributed by atoms with Crippen molar-refractivity contribution in [1.29, 1.82) is 5.26 Å². The van der Waals surface area contributed by atoms with E-state index in [0.717, 1.165) is 42.8 Å². The van der Waals surface area contributed by atoms with E-state index in [2.05, 4.69) is 21.7 Å². The number of hydrogen-bond acceptors (Lipinski definition) is 4. The molecule has 3 N–H and O–H groups in total. The molecule has 22 heavy (non-hydrogen) atoms. The lowest BCUT2D eigenvalue weighted by Crippen LogP contribution is -2.20. The van der Waals surface area contributed by atoms with Gasteiger partial charge in [-0.3, -0.25) is 0 Å². The highest BCUT2D eigenvalue weighted by Gasteiger charge is 1.96. The zero-order chi connectivity index (χ0) is 15.6. The van der Waals surface area contributed by atoms with E-state index in [1.165, 1.54) is 5.56 Å². The first-order valence-corrected chi connectivity index (χ1v) is 7.82. The highest BCUT2D eigenvalue weighted by molar-refractivity contribution is 7.71. The molecule has 0 saturated carbocycles. The summed E-state index contributed by atoms with van der Waals surface area (Å²) in [5, 5.41) is 15.5. The fourth-order valence-electron chi connectivity index (χ4n) is 2.10. The lowest BCUT2D eigenvalue weighted by atomic mass is 10.1. The fourth-order valence-corrected chi connectivity index (χ4v) is 2.31. The van der Waals surface area contributed by atoms with Crippen LogP contribution >= 0.6 is 12.2 Å². The lowest BCUT2D eigenvalue weighted by Gasteiger charge is -2.07. The topological polar surface area (TPSA) is 63.6 Å². The molecule has 4 nitrogen and oxygen atoms in total. The van der Waals surface area contributed by atoms with E-state index >= 15 is 0 Å². The van der Waals surface area contributed by atoms with Crippen LogP contribution in [0.4, 0.5) is 5.69 Å². The molecule has 0 aliphatic carbocycles. The second kappa shape index (κ2) is 8.98. The summed E-state index contributed by atoms with van der Waals surface area (Å²) < 4.78 is 0.747. The molecule has 0 saturated heterocycles. The lowest BCUT2D eigenvalue weighted by molar-refractivity contribution is 0.660. The second-order valence-corrected chi connectivity index (χ2v) is 5.41. The van der Waals surface area contributed by atoms with Gasteiger partial charge in [0.2, 0.25) is 0 Å². The molecule has 0 spiro atoms. The molecule has 1 heterocycles. The molecule has 5 heteroatoms. The predicted molar refractivity (Wildman–Crippen MR) is 92.5 cm³/mol. The minimum Gasteiger partial charge on any atom is -0.383 e. The zero-order valence-corrected chi connectivity index (χ0v) is 13.2. The third kappa shape index (κ3) is 5.32. The first-order valence-electron chi connectivity index (χ1n) is 7.41. The van der Waals surface area contributed by atoms with Crippen molar-refractivity contribution < 1.29 is 0 Å². The van der Waals surface area contributed by atoms with Gasteiger partial charge in [0.1, 0.15) is 4.64 Å². The Labute approximate surface area is 136 Å². The minimum atomic E-state index is 0.710. The van der Waals surface area contributed by atoms with Crippen LogP contribution in [0.15, 0.2) is 42.6 Å². The second-order valence-electron chi connectivity index (χ2n) is 5.00. The first-order chi connectivity index (χ1) is 10.8. The van der Waals surface area contributed by atoms with Gasteiger partial charge in [-0.05, 0) is 55.8 Å². The average Bonchev–Trinajstić information content (AvgIpc) is 2.56. The number of rotatable bonds is 8. The highest BCUT2D eigenvalue weighted by Crippen LogP contribution is 2.06. The van der Waals surface area contributed by atoms with Crippen molar-refractivity contribution >= 4 is 17.9 Å². The Hall–Kier alpha value is -2.16. The third-order valence-corrected chi connectivity index (χ3v) is 3.68. The molecule has 114 valence electrons. The summed E-state index contributed by atoms with van der Waals surface area (Å²) >= 11 is 5.19. The van der Waals surface area contributed by atoms with Crippen molar-refractivity contribution in [1.82, 2.24) is 10.3 Å². The summed E-state index contributed by atoms with van der Waals surface area (Å²) in [6.45, 7) is 2.80. The molecular formula is C17H20N4S. The summed E-state index contributed by atoms with van der Waals surface area (Å²) in [6, 6.07) is 13.8. The van der Waals surface area contributed by atoms with Crippen molar-refractivity contribution in [2.75, 3.05) is 25.0 Å². The molecule has 0 radical (unpaired) electrons. The molecule has 2 rings (SSSR count). The normalized spacial score (nSPS) is 10.1. The van der Waals surface area contributed by atoms with Crippen molar-refractivity contribution in [2.24, 2.45) is 0 Å². The molecule has 0 unspecified atom stereocenters. The maximum Gasteiger partial charge on any atom is 0.126 e. The van der Waals surface area contributed by atoms with E-state index in [0.29, 0.717) is 5.56 Å². The molecule has 0 fully saturated rings. The van der Waals surface area contributed by atoms with Crippen molar-refractivity contribution in [3.63, 3.8) is 0 Å². The van der Waals surface area contributed by atoms with Gasteiger partial charge in [-0.15, -0.1) is 0 Å². The number of aromatic amines is 1. The van der Waals surface area contributed by atoms with E-state index < -0.39 is 0 Å². The van der Waals surface area contributed by atoms with Gasteiger partial charge in [-0.2, -0.15) is 5.26 Å². The standard InChI is InChI=1S/C17H20N4S/c18-13-15-6-4-14(5-7-15)8-12-19-9-2-11-20-16-3-1-10-21-17(16)22/h1,3-7,10,19-20H,2,8-9,11-12H2,(H,21,22). The predicted octanol–water partition coefficient (Wildman–Crippen LogP) is 3.25. The van der Waals surface area contributed by atoms with E-state index in [4.69, 9.17) is 17.5 Å². The van der Waals surface area contributed by atoms with Gasteiger partial charge in [0, 0.05) is 12.7 Å². The summed E-state index contributed by atoms with van der Waals surface area (Å²) in [4.78, 5) is 3.00. The molecule has 0 aliphatic rings. The molecule has 0 aliphatic heterocycles. The van der Waals surface area contributed by atoms with Gasteiger partial charge >= 0.3 is 0 Å². The molecular weight excluding hydrogens is 292 g/mol. The number of nitrogens with one attached hydrogen (secondary N) is 3. The van der Waals surface area contributed by atoms with Crippen molar-refractivity contribution in [3.05, 3.63) is 58.4 Å². The molecule has 0 amide bonds. The van der Waals surface area contributed by atoms with Crippen LogP contribution in [0.3, 0.4) is 0 Å². The smallest absolute Gasteiger partial charge is 0.126 e. The molecule has 0 bridgehead atoms. The van der Waals surface area contributed by atoms with E-state index in [-0.39, 0.29) is 0 Å². The fraction of sp³-hybridized carbons (Fsp3) is 0.294. The maximum absolute atomic E-state index is 8.75. The molecule has 1 aromatic heterocycles. The van der Waals surface area contributed by atoms with Gasteiger partial charge in [0.25, 0.3) is 0 Å². The number of nitrogens with zero attached hydrogens (tertiary/aromatic N) is 1. The van der Waals surface area contributed by atoms with Crippen LogP contribution in [0.1, 0.15) is 17.5 Å². The SMILES string of the molecule is N#Cc1ccc(CCNCCCNc2ccc[nH]c2=S)cc1. The van der Waals surface area contributed by atoms with E-state index in [9.17, 15) is 0 Å². The van der Waals surface area contributed by atoms with E-state index in [1.807, 2.05) is 42.6 Å². The van der Waals surface area contributed by atoms with Crippen LogP contribution < -0.4 is 10.6 Å². The van der Waals surface area contributed by atoms with Crippen LogP contribution in [0.5, 0.6) is 0 Å². The van der Waals surface area contributed by atoms with Crippen LogP contribution in [0, 0.1) is 16.0 Å². The average molecular weight is 312 g/mol. The number of aromatic nitrogens is 1. The molecule has 2 aromatic rings. The Balaban J connectivity index is 1.57. The minimum absolute atomic E-state index is 0.710. The number of nitriles is 1. The zero-order valence-electron chi connectivity index (χ0n) is 12.4. The number of anilines is 1. The summed E-state index contributed by atoms with van der Waals surface area (Å²) in [5.41, 5.74) is 2.94. The third-order valence-electron chi connectivity index (χ3n) is 3.34. The van der Waals surface area contributed by atoms with Crippen molar-refractivity contribution in [2.45, 2.75) is 12.8 Å². The Morgan fingerprint density at radius 2 is 1.91 bits per heavy atom. The Bertz CT molecular complexity index is 670. The Kier molecular flexibility index (Phi) is 6.62. The first kappa shape index (κ1) is 16.2. The highest BCUT2D eigenvalue weighted by atomic mass is 32.1. The summed E-state index contributed by atoms with van der Waals surface area (Å²) in [7, 11) is 0. The van der Waals surface area contributed by atoms with Crippen LogP contribution in [-0.4, -0.2) is 24.6 Å². The van der Waals surface area contributed by atoms with Gasteiger partial charge in [0.15, 0.2) is 0 Å². The van der Waals surface area contributed by atoms with Gasteiger partial charge < -0.3 is 15.6 Å². The Morgan fingerprint density at radius 3 is 2.64 bits per heavy atom. The summed E-state index contributed by atoms with van der Waals surface area (Å²) in [5.74, 6) is 0. The van der Waals surface area contributed by atoms with Gasteiger partial charge in [-0.25, -0.2) is 0 Å². The van der Waals surface area contributed by atoms with Crippen LogP contribution in [0.25, 0.3) is 0 Å². The number of benzene rings is 1. The quantitative estimate of drug-likeness (QED) is 0.517. The Morgan fingerprint density at radius 1 is 1.09 bits per heavy atom. The summed E-state index contributed by atoms with van der Waals surface area (Å²) in [6.07, 6.45) is 3.85. The molecule has 0 atom stereocenters. The van der Waals surface area contributed by atoms with Gasteiger partial charge in [-0.1, -0.05) is 24.4 Å². The van der Waals surface area contributed by atoms with Crippen molar-refractivity contribution in [3.8, 4) is 6.07 Å². The van der Waals surface area contributed by atoms with Crippen LogP contribution in [-0.2, 0) is 6.42 Å².